The molecule has 1 saturated heterocycles. The monoisotopic (exact) mass is 682 g/mol. The van der Waals surface area contributed by atoms with E-state index in [2.05, 4.69) is 42.8 Å². The van der Waals surface area contributed by atoms with Crippen LogP contribution in [0.1, 0.15) is 103 Å². The van der Waals surface area contributed by atoms with Gasteiger partial charge in [-0.2, -0.15) is 0 Å². The molecule has 1 aromatic rings. The predicted molar refractivity (Wildman–Crippen MR) is 171 cm³/mol. The number of hydrogen-bond donors (Lipinski definition) is 1. The van der Waals surface area contributed by atoms with Crippen LogP contribution >= 0.6 is 15.9 Å². The summed E-state index contributed by atoms with van der Waals surface area (Å²) >= 11 is 3.42. The van der Waals surface area contributed by atoms with Crippen LogP contribution in [0, 0.1) is 45.8 Å². The Bertz CT molecular complexity index is 1430. The second kappa shape index (κ2) is 10.7. The molecule has 0 spiro atoms. The average molecular weight is 684 g/mol. The van der Waals surface area contributed by atoms with Crippen molar-refractivity contribution in [1.82, 2.24) is 0 Å². The van der Waals surface area contributed by atoms with Gasteiger partial charge in [0.1, 0.15) is 18.3 Å². The molecule has 1 aliphatic heterocycles. The molecule has 7 nitrogen and oxygen atoms in total. The number of aliphatic hydroxyl groups is 1. The summed E-state index contributed by atoms with van der Waals surface area (Å²) in [5, 5.41) is 11.1. The minimum absolute atomic E-state index is 0.111. The summed E-state index contributed by atoms with van der Waals surface area (Å²) in [5.41, 5.74) is -0.288. The van der Waals surface area contributed by atoms with Gasteiger partial charge in [-0.1, -0.05) is 48.4 Å². The summed E-state index contributed by atoms with van der Waals surface area (Å²) in [7, 11) is 0. The topological polar surface area (TPSA) is 99.1 Å². The molecule has 1 aromatic carbocycles. The van der Waals surface area contributed by atoms with Crippen LogP contribution < -0.4 is 0 Å². The normalized spacial score (nSPS) is 46.6. The lowest BCUT2D eigenvalue weighted by molar-refractivity contribution is -0.194. The zero-order chi connectivity index (χ0) is 32.1. The third kappa shape index (κ3) is 4.69. The Morgan fingerprint density at radius 3 is 2.33 bits per heavy atom. The van der Waals surface area contributed by atoms with E-state index in [1.165, 1.54) is 12.5 Å². The molecule has 4 saturated carbocycles. The molecule has 0 amide bonds. The minimum atomic E-state index is -1.44. The number of ether oxygens (including phenoxy) is 3. The van der Waals surface area contributed by atoms with Gasteiger partial charge in [-0.25, -0.2) is 9.59 Å². The molecular formula is C37H47BrO7. The highest BCUT2D eigenvalue weighted by molar-refractivity contribution is 9.10. The van der Waals surface area contributed by atoms with Gasteiger partial charge in [0.05, 0.1) is 5.56 Å². The third-order valence-electron chi connectivity index (χ3n) is 14.0. The number of esters is 3. The van der Waals surface area contributed by atoms with Crippen LogP contribution in [-0.2, 0) is 23.8 Å². The first-order valence-electron chi connectivity index (χ1n) is 16.9. The Labute approximate surface area is 275 Å². The molecule has 5 aliphatic carbocycles. The number of rotatable bonds is 4. The molecule has 45 heavy (non-hydrogen) atoms. The van der Waals surface area contributed by atoms with Crippen molar-refractivity contribution in [2.75, 3.05) is 0 Å². The van der Waals surface area contributed by atoms with Gasteiger partial charge >= 0.3 is 17.9 Å². The van der Waals surface area contributed by atoms with Gasteiger partial charge in [-0.3, -0.25) is 4.79 Å². The fourth-order valence-electron chi connectivity index (χ4n) is 11.4. The van der Waals surface area contributed by atoms with Crippen molar-refractivity contribution in [2.24, 2.45) is 45.8 Å². The largest absolute Gasteiger partial charge is 0.461 e. The molecular weight excluding hydrogens is 636 g/mol. The molecule has 8 heteroatoms. The molecule has 7 rings (SSSR count). The number of benzene rings is 1. The van der Waals surface area contributed by atoms with Crippen molar-refractivity contribution >= 4 is 33.8 Å². The van der Waals surface area contributed by atoms with Gasteiger partial charge in [-0.15, -0.1) is 0 Å². The van der Waals surface area contributed by atoms with Crippen LogP contribution in [0.25, 0.3) is 0 Å². The number of carbonyl (C=O) groups is 3. The van der Waals surface area contributed by atoms with Gasteiger partial charge in [0, 0.05) is 35.1 Å². The highest BCUT2D eigenvalue weighted by Crippen LogP contribution is 2.70. The molecule has 0 aromatic heterocycles. The maximum atomic E-state index is 13.1. The molecule has 12 atom stereocenters. The van der Waals surface area contributed by atoms with E-state index < -0.39 is 17.0 Å². The minimum Gasteiger partial charge on any atom is -0.461 e. The number of allylic oxidation sites excluding steroid dienone is 1. The first kappa shape index (κ1) is 31.4. The molecule has 244 valence electrons. The van der Waals surface area contributed by atoms with Gasteiger partial charge in [0.15, 0.2) is 5.60 Å². The van der Waals surface area contributed by atoms with E-state index in [0.717, 1.165) is 49.4 Å². The maximum absolute atomic E-state index is 13.1. The number of carbonyl (C=O) groups excluding carboxylic acids is 3. The van der Waals surface area contributed by atoms with E-state index in [1.807, 2.05) is 12.1 Å². The van der Waals surface area contributed by atoms with Crippen LogP contribution in [0.4, 0.5) is 0 Å². The lowest BCUT2D eigenvalue weighted by atomic mass is 9.46. The SMILES string of the molecule is CC(=O)O[C@H]1C[C@H](OC(=O)c2ccc(Br)cc2)CC2=CC[C@H]3[C@@H]4CC[C@H]([C@@H]5C[C@@]6(C)C[C@@H]5OC(=O)[C@@]6(C)O)[C@@]4(C)CC[C@@H]3[C@]21C. The Morgan fingerprint density at radius 2 is 1.64 bits per heavy atom. The number of fused-ring (bicyclic) bond motifs is 7. The van der Waals surface area contributed by atoms with Crippen LogP contribution in [0.2, 0.25) is 0 Å². The molecule has 2 bridgehead atoms. The maximum Gasteiger partial charge on any atom is 0.338 e. The van der Waals surface area contributed by atoms with Crippen LogP contribution in [0.15, 0.2) is 40.4 Å². The fourth-order valence-corrected chi connectivity index (χ4v) is 11.7. The van der Waals surface area contributed by atoms with Crippen LogP contribution in [-0.4, -0.2) is 46.9 Å². The van der Waals surface area contributed by atoms with Crippen molar-refractivity contribution < 1.29 is 33.7 Å². The summed E-state index contributed by atoms with van der Waals surface area (Å²) in [6.07, 6.45) is 9.69. The van der Waals surface area contributed by atoms with E-state index in [1.54, 1.807) is 19.1 Å². The molecule has 5 fully saturated rings. The van der Waals surface area contributed by atoms with Gasteiger partial charge in [0.2, 0.25) is 0 Å². The lowest BCUT2D eigenvalue weighted by Crippen LogP contribution is -2.57. The van der Waals surface area contributed by atoms with Crippen molar-refractivity contribution in [3.63, 3.8) is 0 Å². The van der Waals surface area contributed by atoms with Crippen molar-refractivity contribution in [3.05, 3.63) is 46.0 Å². The standard InChI is InChI=1S/C37H47BrO7/c1-20(39)43-31-17-24(44-32(40)21-6-9-23(38)10-7-21)16-22-8-11-25-27-12-13-28(35(27,3)15-14-29(25)36(22,31)4)26-18-34(2)19-30(26)45-33(41)37(34,5)42/h6-10,24-31,42H,11-19H2,1-5H3/t24-,25+,26+,27+,28-,29+,30+,31+,34+,35+,36+,37-/m1/s1. The first-order chi connectivity index (χ1) is 21.2. The highest BCUT2D eigenvalue weighted by Gasteiger charge is 2.67. The summed E-state index contributed by atoms with van der Waals surface area (Å²) in [5.74, 6) is 1.00. The molecule has 0 radical (unpaired) electrons. The van der Waals surface area contributed by atoms with E-state index >= 15 is 0 Å². The summed E-state index contributed by atoms with van der Waals surface area (Å²) in [6, 6.07) is 7.18. The number of halogens is 1. The summed E-state index contributed by atoms with van der Waals surface area (Å²) < 4.78 is 19.0. The van der Waals surface area contributed by atoms with Gasteiger partial charge in [0.25, 0.3) is 0 Å². The van der Waals surface area contributed by atoms with Gasteiger partial charge in [-0.05, 0) is 111 Å². The average Bonchev–Trinajstić information content (AvgIpc) is 3.48. The first-order valence-corrected chi connectivity index (χ1v) is 17.7. The van der Waals surface area contributed by atoms with Crippen molar-refractivity contribution in [2.45, 2.75) is 116 Å². The molecule has 0 unspecified atom stereocenters. The predicted octanol–water partition coefficient (Wildman–Crippen LogP) is 7.19. The third-order valence-corrected chi connectivity index (χ3v) is 14.6. The Morgan fingerprint density at radius 1 is 0.956 bits per heavy atom. The second-order valence-corrected chi connectivity index (χ2v) is 17.0. The van der Waals surface area contributed by atoms with Crippen LogP contribution in [0.3, 0.4) is 0 Å². The van der Waals surface area contributed by atoms with Crippen molar-refractivity contribution in [1.29, 1.82) is 0 Å². The molecule has 6 aliphatic rings. The summed E-state index contributed by atoms with van der Waals surface area (Å²) in [6.45, 7) is 9.98. The van der Waals surface area contributed by atoms with Crippen LogP contribution in [0.5, 0.6) is 0 Å². The smallest absolute Gasteiger partial charge is 0.338 e. The Hall–Kier alpha value is -2.19. The Balaban J connectivity index is 1.13. The quantitative estimate of drug-likeness (QED) is 0.204. The Kier molecular flexibility index (Phi) is 7.44. The second-order valence-electron chi connectivity index (χ2n) is 16.1. The van der Waals surface area contributed by atoms with Gasteiger partial charge < -0.3 is 19.3 Å². The highest BCUT2D eigenvalue weighted by atomic mass is 79.9. The zero-order valence-electron chi connectivity index (χ0n) is 27.1. The molecule has 1 N–H and O–H groups in total. The summed E-state index contributed by atoms with van der Waals surface area (Å²) in [4.78, 5) is 38.3. The lowest BCUT2D eigenvalue weighted by Gasteiger charge is -2.60. The molecule has 1 heterocycles. The van der Waals surface area contributed by atoms with E-state index in [0.29, 0.717) is 42.1 Å². The van der Waals surface area contributed by atoms with E-state index in [4.69, 9.17) is 14.2 Å². The zero-order valence-corrected chi connectivity index (χ0v) is 28.7. The van der Waals surface area contributed by atoms with E-state index in [-0.39, 0.29) is 47.0 Å². The van der Waals surface area contributed by atoms with E-state index in [9.17, 15) is 19.5 Å². The number of hydrogen-bond acceptors (Lipinski definition) is 7. The fraction of sp³-hybridized carbons (Fsp3) is 0.703. The van der Waals surface area contributed by atoms with Crippen molar-refractivity contribution in [3.8, 4) is 0 Å².